The Hall–Kier alpha value is -2.70. The monoisotopic (exact) mass is 324 g/mol. The fourth-order valence-electron chi connectivity index (χ4n) is 3.01. The van der Waals surface area contributed by atoms with Crippen LogP contribution in [0.25, 0.3) is 5.65 Å². The fraction of sp³-hybridized carbons (Fsp3) is 0.412. The van der Waals surface area contributed by atoms with Gasteiger partial charge in [-0.15, -0.1) is 15.3 Å². The molecule has 0 aromatic carbocycles. The molecule has 3 aromatic heterocycles. The summed E-state index contributed by atoms with van der Waals surface area (Å²) < 4.78 is 7.80. The third kappa shape index (κ3) is 3.02. The minimum atomic E-state index is 0.299. The van der Waals surface area contributed by atoms with E-state index in [1.807, 2.05) is 31.2 Å². The number of nitrogens with zero attached hydrogens (tertiary/aromatic N) is 5. The first-order valence-electron chi connectivity index (χ1n) is 8.33. The number of hydrogen-bond acceptors (Lipinski definition) is 6. The zero-order valence-electron chi connectivity index (χ0n) is 13.6. The molecule has 0 unspecified atom stereocenters. The van der Waals surface area contributed by atoms with Gasteiger partial charge in [0.05, 0.1) is 0 Å². The van der Waals surface area contributed by atoms with E-state index in [0.29, 0.717) is 12.6 Å². The maximum atomic E-state index is 6.08. The van der Waals surface area contributed by atoms with E-state index in [-0.39, 0.29) is 0 Å². The summed E-state index contributed by atoms with van der Waals surface area (Å²) in [4.78, 5) is 4.40. The van der Waals surface area contributed by atoms with Crippen molar-refractivity contribution < 1.29 is 4.74 Å². The lowest BCUT2D eigenvalue weighted by molar-refractivity contribution is 0.199. The molecule has 0 spiro atoms. The Labute approximate surface area is 140 Å². The number of anilines is 1. The summed E-state index contributed by atoms with van der Waals surface area (Å²) in [6, 6.07) is 7.76. The molecule has 1 saturated carbocycles. The maximum absolute atomic E-state index is 6.08. The summed E-state index contributed by atoms with van der Waals surface area (Å²) >= 11 is 0. The lowest BCUT2D eigenvalue weighted by Gasteiger charge is -2.15. The Bertz CT molecular complexity index is 840. The number of fused-ring (bicyclic) bond motifs is 1. The van der Waals surface area contributed by atoms with Gasteiger partial charge in [0.15, 0.2) is 11.5 Å². The second-order valence-electron chi connectivity index (χ2n) is 6.08. The summed E-state index contributed by atoms with van der Waals surface area (Å²) in [5.41, 5.74) is 1.77. The van der Waals surface area contributed by atoms with Crippen LogP contribution in [0.15, 0.2) is 30.5 Å². The molecule has 1 aliphatic carbocycles. The molecule has 3 aromatic rings. The first kappa shape index (κ1) is 14.9. The minimum Gasteiger partial charge on any atom is -0.474 e. The molecule has 0 aliphatic heterocycles. The van der Waals surface area contributed by atoms with Crippen LogP contribution in [-0.2, 0) is 6.54 Å². The Morgan fingerprint density at radius 2 is 2.08 bits per heavy atom. The molecule has 0 radical (unpaired) electrons. The molecule has 7 nitrogen and oxygen atoms in total. The quantitative estimate of drug-likeness (QED) is 0.777. The van der Waals surface area contributed by atoms with E-state index in [9.17, 15) is 0 Å². The molecule has 0 atom stereocenters. The van der Waals surface area contributed by atoms with Crippen LogP contribution in [-0.4, -0.2) is 30.9 Å². The lowest BCUT2D eigenvalue weighted by Crippen LogP contribution is -2.14. The summed E-state index contributed by atoms with van der Waals surface area (Å²) in [5, 5.41) is 15.9. The number of hydrogen-bond donors (Lipinski definition) is 1. The third-order valence-corrected chi connectivity index (χ3v) is 4.31. The van der Waals surface area contributed by atoms with Crippen LogP contribution in [0.1, 0.15) is 37.1 Å². The Morgan fingerprint density at radius 3 is 2.96 bits per heavy atom. The first-order valence-corrected chi connectivity index (χ1v) is 8.33. The number of nitrogens with one attached hydrogen (secondary N) is 1. The molecule has 0 saturated heterocycles. The molecule has 0 bridgehead atoms. The zero-order chi connectivity index (χ0) is 16.4. The van der Waals surface area contributed by atoms with Crippen molar-refractivity contribution in [1.82, 2.24) is 24.8 Å². The van der Waals surface area contributed by atoms with Crippen molar-refractivity contribution in [2.45, 2.75) is 45.3 Å². The average Bonchev–Trinajstić information content (AvgIpc) is 3.24. The standard InChI is InChI=1S/C17H20N6O/c1-12-20-21-16-9-8-15(22-23(12)16)19-11-13-5-4-10-18-17(13)24-14-6-2-3-7-14/h4-5,8-10,14H,2-3,6-7,11H2,1H3,(H,19,22). The molecular weight excluding hydrogens is 304 g/mol. The van der Waals surface area contributed by atoms with E-state index in [1.54, 1.807) is 10.7 Å². The SMILES string of the molecule is Cc1nnc2ccc(NCc3cccnc3OC3CCCC3)nn12. The van der Waals surface area contributed by atoms with Crippen molar-refractivity contribution >= 4 is 11.5 Å². The van der Waals surface area contributed by atoms with Crippen LogP contribution in [0.3, 0.4) is 0 Å². The average molecular weight is 324 g/mol. The molecule has 124 valence electrons. The van der Waals surface area contributed by atoms with E-state index in [1.165, 1.54) is 12.8 Å². The molecule has 0 amide bonds. The lowest BCUT2D eigenvalue weighted by atomic mass is 10.2. The highest BCUT2D eigenvalue weighted by molar-refractivity contribution is 5.44. The van der Waals surface area contributed by atoms with Gasteiger partial charge in [-0.1, -0.05) is 6.07 Å². The van der Waals surface area contributed by atoms with Crippen molar-refractivity contribution in [2.75, 3.05) is 5.32 Å². The Kier molecular flexibility index (Phi) is 3.98. The second-order valence-corrected chi connectivity index (χ2v) is 6.08. The predicted molar refractivity (Wildman–Crippen MR) is 90.0 cm³/mol. The van der Waals surface area contributed by atoms with Gasteiger partial charge < -0.3 is 10.1 Å². The largest absolute Gasteiger partial charge is 0.474 e. The molecule has 4 rings (SSSR count). The van der Waals surface area contributed by atoms with Gasteiger partial charge in [-0.25, -0.2) is 4.98 Å². The van der Waals surface area contributed by atoms with Gasteiger partial charge in [0.1, 0.15) is 11.9 Å². The van der Waals surface area contributed by atoms with Crippen molar-refractivity contribution in [3.8, 4) is 5.88 Å². The van der Waals surface area contributed by atoms with Crippen LogP contribution in [0.4, 0.5) is 5.82 Å². The van der Waals surface area contributed by atoms with Crippen LogP contribution in [0.2, 0.25) is 0 Å². The second kappa shape index (κ2) is 6.43. The highest BCUT2D eigenvalue weighted by Gasteiger charge is 2.18. The molecule has 1 fully saturated rings. The van der Waals surface area contributed by atoms with Crippen LogP contribution in [0, 0.1) is 6.92 Å². The van der Waals surface area contributed by atoms with Crippen molar-refractivity contribution in [1.29, 1.82) is 0 Å². The summed E-state index contributed by atoms with van der Waals surface area (Å²) in [6.45, 7) is 2.49. The normalized spacial score (nSPS) is 15.0. The van der Waals surface area contributed by atoms with Gasteiger partial charge in [0, 0.05) is 18.3 Å². The first-order chi connectivity index (χ1) is 11.8. The van der Waals surface area contributed by atoms with E-state index in [4.69, 9.17) is 4.74 Å². The molecule has 3 heterocycles. The van der Waals surface area contributed by atoms with Crippen LogP contribution in [0.5, 0.6) is 5.88 Å². The van der Waals surface area contributed by atoms with Gasteiger partial charge in [-0.3, -0.25) is 0 Å². The topological polar surface area (TPSA) is 77.2 Å². The molecule has 7 heteroatoms. The summed E-state index contributed by atoms with van der Waals surface area (Å²) in [6.07, 6.45) is 6.80. The highest BCUT2D eigenvalue weighted by atomic mass is 16.5. The van der Waals surface area contributed by atoms with Crippen molar-refractivity contribution in [3.05, 3.63) is 41.9 Å². The van der Waals surface area contributed by atoms with Crippen molar-refractivity contribution in [2.24, 2.45) is 0 Å². The van der Waals surface area contributed by atoms with E-state index < -0.39 is 0 Å². The fourth-order valence-corrected chi connectivity index (χ4v) is 3.01. The summed E-state index contributed by atoms with van der Waals surface area (Å²) in [7, 11) is 0. The number of ether oxygens (including phenoxy) is 1. The highest BCUT2D eigenvalue weighted by Crippen LogP contribution is 2.25. The van der Waals surface area contributed by atoms with Crippen LogP contribution >= 0.6 is 0 Å². The maximum Gasteiger partial charge on any atom is 0.218 e. The number of aryl methyl sites for hydroxylation is 1. The molecule has 1 N–H and O–H groups in total. The third-order valence-electron chi connectivity index (χ3n) is 4.31. The predicted octanol–water partition coefficient (Wildman–Crippen LogP) is 2.76. The van der Waals surface area contributed by atoms with Crippen molar-refractivity contribution in [3.63, 3.8) is 0 Å². The van der Waals surface area contributed by atoms with Gasteiger partial charge in [0.25, 0.3) is 0 Å². The van der Waals surface area contributed by atoms with Gasteiger partial charge >= 0.3 is 0 Å². The van der Waals surface area contributed by atoms with E-state index in [0.717, 1.165) is 41.6 Å². The zero-order valence-corrected chi connectivity index (χ0v) is 13.6. The summed E-state index contributed by atoms with van der Waals surface area (Å²) in [5.74, 6) is 2.25. The smallest absolute Gasteiger partial charge is 0.218 e. The van der Waals surface area contributed by atoms with Gasteiger partial charge in [-0.05, 0) is 50.8 Å². The Balaban J connectivity index is 1.49. The van der Waals surface area contributed by atoms with E-state index >= 15 is 0 Å². The number of pyridine rings is 1. The van der Waals surface area contributed by atoms with E-state index in [2.05, 4.69) is 25.6 Å². The van der Waals surface area contributed by atoms with Gasteiger partial charge in [-0.2, -0.15) is 4.52 Å². The molecule has 1 aliphatic rings. The molecule has 24 heavy (non-hydrogen) atoms. The minimum absolute atomic E-state index is 0.299. The van der Waals surface area contributed by atoms with Gasteiger partial charge in [0.2, 0.25) is 5.88 Å². The molecular formula is C17H20N6O. The van der Waals surface area contributed by atoms with Crippen LogP contribution < -0.4 is 10.1 Å². The Morgan fingerprint density at radius 1 is 1.21 bits per heavy atom. The number of aromatic nitrogens is 5. The number of rotatable bonds is 5.